The molecule has 0 heterocycles. The average molecular weight is 175 g/mol. The summed E-state index contributed by atoms with van der Waals surface area (Å²) >= 11 is 0. The number of nitrogens with one attached hydrogen (secondary N) is 1. The first-order chi connectivity index (χ1) is 5.77. The van der Waals surface area contributed by atoms with Crippen LogP contribution in [0.2, 0.25) is 0 Å². The summed E-state index contributed by atoms with van der Waals surface area (Å²) in [5.41, 5.74) is 0. The highest BCUT2D eigenvalue weighted by Crippen LogP contribution is 1.91. The molecule has 0 rings (SSSR count). The quantitative estimate of drug-likeness (QED) is 0.461. The van der Waals surface area contributed by atoms with Crippen LogP contribution in [0.25, 0.3) is 0 Å². The Morgan fingerprint density at radius 1 is 1.17 bits per heavy atom. The van der Waals surface area contributed by atoms with Gasteiger partial charge in [0, 0.05) is 13.2 Å². The molecule has 72 valence electrons. The van der Waals surface area contributed by atoms with E-state index in [0.29, 0.717) is 6.54 Å². The summed E-state index contributed by atoms with van der Waals surface area (Å²) in [6, 6.07) is 0. The van der Waals surface area contributed by atoms with Crippen molar-refractivity contribution in [3.05, 3.63) is 0 Å². The lowest BCUT2D eigenvalue weighted by atomic mass is 10.2. The molecule has 0 aliphatic heterocycles. The van der Waals surface area contributed by atoms with Gasteiger partial charge in [0.2, 0.25) is 0 Å². The van der Waals surface area contributed by atoms with Crippen LogP contribution in [0.4, 0.5) is 0 Å². The number of aliphatic hydroxyl groups is 1. The van der Waals surface area contributed by atoms with Gasteiger partial charge in [-0.15, -0.1) is 0 Å². The van der Waals surface area contributed by atoms with Crippen LogP contribution in [-0.2, 0) is 4.79 Å². The van der Waals surface area contributed by atoms with Crippen molar-refractivity contribution in [2.45, 2.75) is 25.7 Å². The zero-order valence-electron chi connectivity index (χ0n) is 7.25. The number of hydrogen-bond donors (Lipinski definition) is 3. The van der Waals surface area contributed by atoms with Crippen molar-refractivity contribution in [1.29, 1.82) is 0 Å². The number of rotatable bonds is 8. The minimum absolute atomic E-state index is 0.181. The summed E-state index contributed by atoms with van der Waals surface area (Å²) in [6.07, 6.45) is 3.01. The minimum atomic E-state index is -0.766. The van der Waals surface area contributed by atoms with E-state index >= 15 is 0 Å². The lowest BCUT2D eigenvalue weighted by molar-refractivity contribution is -0.136. The van der Waals surface area contributed by atoms with Crippen LogP contribution >= 0.6 is 0 Å². The third-order valence-corrected chi connectivity index (χ3v) is 1.53. The summed E-state index contributed by atoms with van der Waals surface area (Å²) in [4.78, 5) is 10.1. The molecule has 12 heavy (non-hydrogen) atoms. The van der Waals surface area contributed by atoms with Gasteiger partial charge in [0.15, 0.2) is 0 Å². The molecule has 0 saturated carbocycles. The van der Waals surface area contributed by atoms with E-state index in [4.69, 9.17) is 10.2 Å². The SMILES string of the molecule is O=C(O)CCNCCCCCO. The van der Waals surface area contributed by atoms with Crippen molar-refractivity contribution in [1.82, 2.24) is 5.32 Å². The number of carbonyl (C=O) groups is 1. The van der Waals surface area contributed by atoms with Crippen LogP contribution in [0.3, 0.4) is 0 Å². The molecule has 0 aromatic carbocycles. The molecule has 4 heteroatoms. The van der Waals surface area contributed by atoms with E-state index in [1.807, 2.05) is 0 Å². The highest BCUT2D eigenvalue weighted by molar-refractivity contribution is 5.66. The van der Waals surface area contributed by atoms with E-state index in [1.54, 1.807) is 0 Å². The van der Waals surface area contributed by atoms with Crippen molar-refractivity contribution in [3.63, 3.8) is 0 Å². The second-order valence-corrected chi connectivity index (χ2v) is 2.68. The highest BCUT2D eigenvalue weighted by atomic mass is 16.4. The molecule has 0 unspecified atom stereocenters. The second kappa shape index (κ2) is 8.49. The third-order valence-electron chi connectivity index (χ3n) is 1.53. The summed E-state index contributed by atoms with van der Waals surface area (Å²) in [7, 11) is 0. The molecular formula is C8H17NO3. The monoisotopic (exact) mass is 175 g/mol. The number of carboxylic acid groups (broad SMARTS) is 1. The van der Waals surface area contributed by atoms with Crippen molar-refractivity contribution >= 4 is 5.97 Å². The maximum absolute atomic E-state index is 10.1. The standard InChI is InChI=1S/C8H17NO3/c10-7-3-1-2-5-9-6-4-8(11)12/h9-10H,1-7H2,(H,11,12). The van der Waals surface area contributed by atoms with Crippen LogP contribution in [0, 0.1) is 0 Å². The van der Waals surface area contributed by atoms with Crippen LogP contribution < -0.4 is 5.32 Å². The highest BCUT2D eigenvalue weighted by Gasteiger charge is 1.94. The second-order valence-electron chi connectivity index (χ2n) is 2.68. The molecule has 0 radical (unpaired) electrons. The third kappa shape index (κ3) is 9.39. The largest absolute Gasteiger partial charge is 0.481 e. The fourth-order valence-electron chi connectivity index (χ4n) is 0.859. The molecule has 0 amide bonds. The molecule has 0 atom stereocenters. The van der Waals surface area contributed by atoms with Crippen molar-refractivity contribution in [3.8, 4) is 0 Å². The van der Waals surface area contributed by atoms with E-state index in [1.165, 1.54) is 0 Å². The predicted octanol–water partition coefficient (Wildman–Crippen LogP) is 0.213. The van der Waals surface area contributed by atoms with Gasteiger partial charge in [-0.2, -0.15) is 0 Å². The topological polar surface area (TPSA) is 69.6 Å². The summed E-state index contributed by atoms with van der Waals surface area (Å²) < 4.78 is 0. The van der Waals surface area contributed by atoms with Crippen LogP contribution in [0.5, 0.6) is 0 Å². The van der Waals surface area contributed by atoms with Gasteiger partial charge in [-0.25, -0.2) is 0 Å². The zero-order valence-corrected chi connectivity index (χ0v) is 7.25. The first-order valence-corrected chi connectivity index (χ1v) is 4.30. The van der Waals surface area contributed by atoms with Gasteiger partial charge in [-0.1, -0.05) is 0 Å². The molecule has 0 spiro atoms. The smallest absolute Gasteiger partial charge is 0.304 e. The van der Waals surface area contributed by atoms with Crippen molar-refractivity contribution in [2.24, 2.45) is 0 Å². The van der Waals surface area contributed by atoms with Gasteiger partial charge in [0.25, 0.3) is 0 Å². The molecule has 3 N–H and O–H groups in total. The zero-order chi connectivity index (χ0) is 9.23. The number of hydrogen-bond acceptors (Lipinski definition) is 3. The van der Waals surface area contributed by atoms with E-state index < -0.39 is 5.97 Å². The first kappa shape index (κ1) is 11.4. The van der Waals surface area contributed by atoms with Crippen LogP contribution in [0.15, 0.2) is 0 Å². The molecule has 0 aliphatic rings. The molecule has 4 nitrogen and oxygen atoms in total. The maximum atomic E-state index is 10.1. The Balaban J connectivity index is 2.86. The Bertz CT molecular complexity index is 117. The Labute approximate surface area is 72.6 Å². The van der Waals surface area contributed by atoms with E-state index in [-0.39, 0.29) is 13.0 Å². The van der Waals surface area contributed by atoms with Gasteiger partial charge in [-0.05, 0) is 25.8 Å². The minimum Gasteiger partial charge on any atom is -0.481 e. The fraction of sp³-hybridized carbons (Fsp3) is 0.875. The lowest BCUT2D eigenvalue weighted by Crippen LogP contribution is -2.19. The van der Waals surface area contributed by atoms with E-state index in [9.17, 15) is 4.79 Å². The Morgan fingerprint density at radius 3 is 2.50 bits per heavy atom. The van der Waals surface area contributed by atoms with Crippen LogP contribution in [-0.4, -0.2) is 35.9 Å². The molecular weight excluding hydrogens is 158 g/mol. The molecule has 0 aromatic heterocycles. The molecule has 0 bridgehead atoms. The molecule has 0 saturated heterocycles. The number of unbranched alkanes of at least 4 members (excludes halogenated alkanes) is 2. The first-order valence-electron chi connectivity index (χ1n) is 4.30. The van der Waals surface area contributed by atoms with Gasteiger partial charge >= 0.3 is 5.97 Å². The fourth-order valence-corrected chi connectivity index (χ4v) is 0.859. The molecule has 0 aromatic rings. The van der Waals surface area contributed by atoms with E-state index in [0.717, 1.165) is 25.8 Å². The number of carboxylic acids is 1. The summed E-state index contributed by atoms with van der Waals surface area (Å²) in [6.45, 7) is 1.62. The van der Waals surface area contributed by atoms with Crippen LogP contribution in [0.1, 0.15) is 25.7 Å². The Hall–Kier alpha value is -0.610. The molecule has 0 aliphatic carbocycles. The molecule has 0 fully saturated rings. The Morgan fingerprint density at radius 2 is 1.92 bits per heavy atom. The lowest BCUT2D eigenvalue weighted by Gasteiger charge is -2.01. The van der Waals surface area contributed by atoms with Gasteiger partial charge in [0.05, 0.1) is 6.42 Å². The summed E-state index contributed by atoms with van der Waals surface area (Å²) in [5, 5.41) is 19.7. The number of aliphatic carboxylic acids is 1. The van der Waals surface area contributed by atoms with Gasteiger partial charge in [-0.3, -0.25) is 4.79 Å². The van der Waals surface area contributed by atoms with Crippen molar-refractivity contribution in [2.75, 3.05) is 19.7 Å². The van der Waals surface area contributed by atoms with Gasteiger partial charge < -0.3 is 15.5 Å². The average Bonchev–Trinajstić information content (AvgIpc) is 2.02. The number of aliphatic hydroxyl groups excluding tert-OH is 1. The predicted molar refractivity (Wildman–Crippen MR) is 46.1 cm³/mol. The Kier molecular flexibility index (Phi) is 8.05. The van der Waals surface area contributed by atoms with E-state index in [2.05, 4.69) is 5.32 Å². The van der Waals surface area contributed by atoms with Crippen molar-refractivity contribution < 1.29 is 15.0 Å². The summed E-state index contributed by atoms with van der Waals surface area (Å²) in [5.74, 6) is -0.766. The van der Waals surface area contributed by atoms with Gasteiger partial charge in [0.1, 0.15) is 0 Å². The maximum Gasteiger partial charge on any atom is 0.304 e. The normalized spacial score (nSPS) is 10.1.